The molecule has 0 saturated carbocycles. The first-order chi connectivity index (χ1) is 10.9. The van der Waals surface area contributed by atoms with E-state index in [4.69, 9.17) is 4.74 Å². The first-order valence-corrected chi connectivity index (χ1v) is 8.89. The van der Waals surface area contributed by atoms with Gasteiger partial charge in [0.2, 0.25) is 0 Å². The van der Waals surface area contributed by atoms with Crippen molar-refractivity contribution in [3.8, 4) is 0 Å². The summed E-state index contributed by atoms with van der Waals surface area (Å²) in [6.07, 6.45) is 7.00. The summed E-state index contributed by atoms with van der Waals surface area (Å²) < 4.78 is 5.51. The van der Waals surface area contributed by atoms with Gasteiger partial charge in [-0.25, -0.2) is 0 Å². The molecule has 0 bridgehead atoms. The number of ether oxygens (including phenoxy) is 1. The molecule has 1 N–H and O–H groups in total. The van der Waals surface area contributed by atoms with Crippen molar-refractivity contribution in [1.29, 1.82) is 0 Å². The Morgan fingerprint density at radius 3 is 2.77 bits per heavy atom. The van der Waals surface area contributed by atoms with Crippen molar-refractivity contribution in [3.63, 3.8) is 0 Å². The first-order valence-electron chi connectivity index (χ1n) is 8.89. The Morgan fingerprint density at radius 2 is 1.95 bits per heavy atom. The van der Waals surface area contributed by atoms with Crippen LogP contribution in [-0.2, 0) is 11.2 Å². The number of aliphatic hydroxyl groups is 1. The molecule has 1 fully saturated rings. The van der Waals surface area contributed by atoms with Gasteiger partial charge in [-0.3, -0.25) is 4.90 Å². The Morgan fingerprint density at radius 1 is 1.14 bits per heavy atom. The van der Waals surface area contributed by atoms with Crippen LogP contribution in [0, 0.1) is 5.92 Å². The molecule has 1 aromatic rings. The highest BCUT2D eigenvalue weighted by atomic mass is 16.5. The topological polar surface area (TPSA) is 32.7 Å². The van der Waals surface area contributed by atoms with E-state index in [2.05, 4.69) is 29.2 Å². The molecule has 1 heterocycles. The lowest BCUT2D eigenvalue weighted by Gasteiger charge is -2.38. The highest BCUT2D eigenvalue weighted by Gasteiger charge is 2.27. The Bertz CT molecular complexity index is 457. The molecule has 1 atom stereocenters. The standard InChI is InChI=1S/C19H29NO2/c21-12-4-11-20(15-16-9-13-22-14-10-16)19-8-3-6-17-5-1-2-7-18(17)19/h1-2,5,7,16,19,21H,3-4,6,8-15H2/t19-/m0/s1. The van der Waals surface area contributed by atoms with Crippen LogP contribution in [0.15, 0.2) is 24.3 Å². The van der Waals surface area contributed by atoms with Gasteiger partial charge < -0.3 is 9.84 Å². The fourth-order valence-corrected chi connectivity index (χ4v) is 4.02. The van der Waals surface area contributed by atoms with Crippen molar-refractivity contribution in [2.45, 2.75) is 44.6 Å². The van der Waals surface area contributed by atoms with Crippen LogP contribution in [0.1, 0.15) is 49.3 Å². The molecule has 1 aliphatic carbocycles. The predicted octanol–water partition coefficient (Wildman–Crippen LogP) is 3.18. The Balaban J connectivity index is 1.73. The molecule has 1 aromatic carbocycles. The predicted molar refractivity (Wildman–Crippen MR) is 88.9 cm³/mol. The van der Waals surface area contributed by atoms with Gasteiger partial charge >= 0.3 is 0 Å². The molecule has 3 heteroatoms. The largest absolute Gasteiger partial charge is 0.396 e. The van der Waals surface area contributed by atoms with Crippen molar-refractivity contribution in [3.05, 3.63) is 35.4 Å². The molecule has 1 saturated heterocycles. The van der Waals surface area contributed by atoms with E-state index in [1.807, 2.05) is 0 Å². The second kappa shape index (κ2) is 8.09. The summed E-state index contributed by atoms with van der Waals surface area (Å²) in [6, 6.07) is 9.49. The third kappa shape index (κ3) is 3.89. The molecule has 0 unspecified atom stereocenters. The molecule has 22 heavy (non-hydrogen) atoms. The minimum absolute atomic E-state index is 0.290. The van der Waals surface area contributed by atoms with Crippen molar-refractivity contribution in [2.24, 2.45) is 5.92 Å². The molecule has 3 rings (SSSR count). The molecule has 1 aliphatic heterocycles. The van der Waals surface area contributed by atoms with Gasteiger partial charge in [-0.1, -0.05) is 24.3 Å². The maximum Gasteiger partial charge on any atom is 0.0469 e. The normalized spacial score (nSPS) is 22.7. The van der Waals surface area contributed by atoms with E-state index < -0.39 is 0 Å². The minimum atomic E-state index is 0.290. The highest BCUT2D eigenvalue weighted by molar-refractivity contribution is 5.32. The van der Waals surface area contributed by atoms with Crippen LogP contribution >= 0.6 is 0 Å². The van der Waals surface area contributed by atoms with Gasteiger partial charge in [-0.15, -0.1) is 0 Å². The Kier molecular flexibility index (Phi) is 5.88. The van der Waals surface area contributed by atoms with Crippen LogP contribution in [0.3, 0.4) is 0 Å². The zero-order valence-corrected chi connectivity index (χ0v) is 13.5. The van der Waals surface area contributed by atoms with Gasteiger partial charge in [-0.05, 0) is 55.6 Å². The minimum Gasteiger partial charge on any atom is -0.396 e. The summed E-state index contributed by atoms with van der Waals surface area (Å²) in [4.78, 5) is 2.64. The fourth-order valence-electron chi connectivity index (χ4n) is 4.02. The Hall–Kier alpha value is -0.900. The number of fused-ring (bicyclic) bond motifs is 1. The number of aliphatic hydroxyl groups excluding tert-OH is 1. The second-order valence-corrected chi connectivity index (χ2v) is 6.73. The van der Waals surface area contributed by atoms with E-state index in [1.165, 1.54) is 43.2 Å². The molecule has 0 amide bonds. The van der Waals surface area contributed by atoms with Crippen molar-refractivity contribution >= 4 is 0 Å². The van der Waals surface area contributed by atoms with Gasteiger partial charge in [-0.2, -0.15) is 0 Å². The summed E-state index contributed by atoms with van der Waals surface area (Å²) in [5, 5.41) is 9.27. The van der Waals surface area contributed by atoms with Crippen LogP contribution in [-0.4, -0.2) is 42.9 Å². The zero-order valence-electron chi connectivity index (χ0n) is 13.5. The van der Waals surface area contributed by atoms with Crippen molar-refractivity contribution < 1.29 is 9.84 Å². The Labute approximate surface area is 134 Å². The molecule has 122 valence electrons. The second-order valence-electron chi connectivity index (χ2n) is 6.73. The number of hydrogen-bond acceptors (Lipinski definition) is 3. The molecule has 0 spiro atoms. The number of rotatable bonds is 6. The molecular formula is C19H29NO2. The van der Waals surface area contributed by atoms with E-state index in [1.54, 1.807) is 0 Å². The summed E-state index contributed by atoms with van der Waals surface area (Å²) in [6.45, 7) is 4.29. The van der Waals surface area contributed by atoms with E-state index >= 15 is 0 Å². The maximum absolute atomic E-state index is 9.27. The SMILES string of the molecule is OCCCN(CC1CCOCC1)[C@H]1CCCc2ccccc21. The van der Waals surface area contributed by atoms with Crippen LogP contribution in [0.4, 0.5) is 0 Å². The molecule has 2 aliphatic rings. The zero-order chi connectivity index (χ0) is 15.2. The van der Waals surface area contributed by atoms with Gasteiger partial charge in [0, 0.05) is 39.0 Å². The molecular weight excluding hydrogens is 274 g/mol. The number of aryl methyl sites for hydroxylation is 1. The lowest BCUT2D eigenvalue weighted by molar-refractivity contribution is 0.0415. The highest BCUT2D eigenvalue weighted by Crippen LogP contribution is 2.35. The number of hydrogen-bond donors (Lipinski definition) is 1. The summed E-state index contributed by atoms with van der Waals surface area (Å²) in [5.41, 5.74) is 3.05. The third-order valence-electron chi connectivity index (χ3n) is 5.22. The van der Waals surface area contributed by atoms with E-state index in [9.17, 15) is 5.11 Å². The maximum atomic E-state index is 9.27. The van der Waals surface area contributed by atoms with Gasteiger partial charge in [0.25, 0.3) is 0 Å². The van der Waals surface area contributed by atoms with Crippen molar-refractivity contribution in [2.75, 3.05) is 32.9 Å². The first kappa shape index (κ1) is 16.0. The monoisotopic (exact) mass is 303 g/mol. The van der Waals surface area contributed by atoms with E-state index in [-0.39, 0.29) is 0 Å². The van der Waals surface area contributed by atoms with E-state index in [0.29, 0.717) is 12.6 Å². The van der Waals surface area contributed by atoms with Crippen LogP contribution in [0.5, 0.6) is 0 Å². The van der Waals surface area contributed by atoms with Crippen LogP contribution in [0.25, 0.3) is 0 Å². The molecule has 0 aromatic heterocycles. The summed E-state index contributed by atoms with van der Waals surface area (Å²) in [7, 11) is 0. The number of nitrogens with zero attached hydrogens (tertiary/aromatic N) is 1. The van der Waals surface area contributed by atoms with Crippen LogP contribution in [0.2, 0.25) is 0 Å². The van der Waals surface area contributed by atoms with E-state index in [0.717, 1.165) is 38.6 Å². The third-order valence-corrected chi connectivity index (χ3v) is 5.22. The van der Waals surface area contributed by atoms with Gasteiger partial charge in [0.05, 0.1) is 0 Å². The van der Waals surface area contributed by atoms with Crippen LogP contribution < -0.4 is 0 Å². The average Bonchev–Trinajstić information content (AvgIpc) is 2.59. The molecule has 0 radical (unpaired) electrons. The average molecular weight is 303 g/mol. The number of benzene rings is 1. The summed E-state index contributed by atoms with van der Waals surface area (Å²) in [5.74, 6) is 0.751. The van der Waals surface area contributed by atoms with Gasteiger partial charge in [0.1, 0.15) is 0 Å². The quantitative estimate of drug-likeness (QED) is 0.876. The summed E-state index contributed by atoms with van der Waals surface area (Å²) >= 11 is 0. The lowest BCUT2D eigenvalue weighted by atomic mass is 9.86. The fraction of sp³-hybridized carbons (Fsp3) is 0.684. The lowest BCUT2D eigenvalue weighted by Crippen LogP contribution is -2.37. The van der Waals surface area contributed by atoms with Gasteiger partial charge in [0.15, 0.2) is 0 Å². The van der Waals surface area contributed by atoms with Crippen molar-refractivity contribution in [1.82, 2.24) is 4.90 Å². The molecule has 3 nitrogen and oxygen atoms in total. The smallest absolute Gasteiger partial charge is 0.0469 e.